The zero-order valence-corrected chi connectivity index (χ0v) is 14.6. The molecule has 0 bridgehead atoms. The molecule has 1 atom stereocenters. The summed E-state index contributed by atoms with van der Waals surface area (Å²) >= 11 is 9.60. The number of benzene rings is 1. The third-order valence-corrected chi connectivity index (χ3v) is 4.24. The van der Waals surface area contributed by atoms with E-state index < -0.39 is 0 Å². The van der Waals surface area contributed by atoms with Gasteiger partial charge in [0.25, 0.3) is 0 Å². The number of nitrogens with one attached hydrogen (secondary N) is 1. The topological polar surface area (TPSA) is 34.2 Å². The third kappa shape index (κ3) is 4.19. The molecule has 21 heavy (non-hydrogen) atoms. The van der Waals surface area contributed by atoms with E-state index in [2.05, 4.69) is 26.2 Å². The number of halogens is 2. The Morgan fingerprint density at radius 1 is 1.19 bits per heavy atom. The van der Waals surface area contributed by atoms with Crippen LogP contribution in [0.4, 0.5) is 0 Å². The van der Waals surface area contributed by atoms with Gasteiger partial charge in [0.15, 0.2) is 0 Å². The number of hydrogen-bond acceptors (Lipinski definition) is 3. The first-order valence-electron chi connectivity index (χ1n) is 6.75. The van der Waals surface area contributed by atoms with E-state index >= 15 is 0 Å². The Labute approximate surface area is 138 Å². The lowest BCUT2D eigenvalue weighted by atomic mass is 10.0. The summed E-state index contributed by atoms with van der Waals surface area (Å²) in [6.07, 6.45) is 3.69. The fourth-order valence-electron chi connectivity index (χ4n) is 2.15. The number of hydrogen-bond donors (Lipinski definition) is 1. The maximum absolute atomic E-state index is 6.19. The lowest BCUT2D eigenvalue weighted by Gasteiger charge is -2.19. The van der Waals surface area contributed by atoms with Crippen LogP contribution in [-0.2, 0) is 0 Å². The van der Waals surface area contributed by atoms with E-state index in [9.17, 15) is 0 Å². The van der Waals surface area contributed by atoms with E-state index in [1.807, 2.05) is 51.4 Å². The van der Waals surface area contributed by atoms with Crippen LogP contribution in [0, 0.1) is 0 Å². The van der Waals surface area contributed by atoms with E-state index in [1.54, 1.807) is 6.20 Å². The molecule has 1 heterocycles. The van der Waals surface area contributed by atoms with Crippen LogP contribution < -0.4 is 10.1 Å². The first-order chi connectivity index (χ1) is 10.0. The number of pyridine rings is 1. The van der Waals surface area contributed by atoms with Crippen molar-refractivity contribution in [1.29, 1.82) is 0 Å². The minimum absolute atomic E-state index is 0.0128. The summed E-state index contributed by atoms with van der Waals surface area (Å²) in [6, 6.07) is 7.95. The fourth-order valence-corrected chi connectivity index (χ4v) is 2.58. The van der Waals surface area contributed by atoms with Crippen LogP contribution in [0.25, 0.3) is 0 Å². The van der Waals surface area contributed by atoms with Crippen LogP contribution in [0.1, 0.15) is 31.0 Å². The summed E-state index contributed by atoms with van der Waals surface area (Å²) in [4.78, 5) is 4.26. The van der Waals surface area contributed by atoms with Crippen molar-refractivity contribution in [3.05, 3.63) is 57.3 Å². The van der Waals surface area contributed by atoms with Crippen LogP contribution in [0.3, 0.4) is 0 Å². The highest BCUT2D eigenvalue weighted by Crippen LogP contribution is 2.29. The predicted octanol–water partition coefficient (Wildman–Crippen LogP) is 4.59. The molecule has 112 valence electrons. The van der Waals surface area contributed by atoms with Crippen molar-refractivity contribution in [2.75, 3.05) is 7.05 Å². The Morgan fingerprint density at radius 2 is 1.95 bits per heavy atom. The molecule has 0 fully saturated rings. The normalized spacial score (nSPS) is 12.5. The zero-order valence-electron chi connectivity index (χ0n) is 12.2. The van der Waals surface area contributed by atoms with Gasteiger partial charge in [-0.15, -0.1) is 0 Å². The molecule has 2 rings (SSSR count). The molecule has 0 amide bonds. The van der Waals surface area contributed by atoms with Gasteiger partial charge >= 0.3 is 0 Å². The predicted molar refractivity (Wildman–Crippen MR) is 90.1 cm³/mol. The van der Waals surface area contributed by atoms with Gasteiger partial charge in [0.1, 0.15) is 5.75 Å². The number of ether oxygens (including phenoxy) is 1. The van der Waals surface area contributed by atoms with Crippen molar-refractivity contribution in [2.45, 2.75) is 26.0 Å². The Balaban J connectivity index is 2.34. The smallest absolute Gasteiger partial charge is 0.138 e. The van der Waals surface area contributed by atoms with Gasteiger partial charge in [-0.1, -0.05) is 17.7 Å². The van der Waals surface area contributed by atoms with E-state index in [0.717, 1.165) is 21.3 Å². The maximum Gasteiger partial charge on any atom is 0.138 e. The molecule has 1 N–H and O–H groups in total. The van der Waals surface area contributed by atoms with Crippen molar-refractivity contribution >= 4 is 27.5 Å². The quantitative estimate of drug-likeness (QED) is 0.837. The number of aromatic nitrogens is 1. The van der Waals surface area contributed by atoms with Gasteiger partial charge < -0.3 is 10.1 Å². The minimum Gasteiger partial charge on any atom is -0.489 e. The van der Waals surface area contributed by atoms with Gasteiger partial charge in [0, 0.05) is 10.7 Å². The summed E-state index contributed by atoms with van der Waals surface area (Å²) in [6.45, 7) is 3.99. The fraction of sp³-hybridized carbons (Fsp3) is 0.312. The SMILES string of the molecule is CNC(c1cncc(OC(C)C)c1)c1ccc(Br)c(Cl)c1. The molecule has 1 unspecified atom stereocenters. The van der Waals surface area contributed by atoms with E-state index in [1.165, 1.54) is 0 Å². The van der Waals surface area contributed by atoms with Gasteiger partial charge in [0.05, 0.1) is 23.4 Å². The molecule has 3 nitrogen and oxygen atoms in total. The summed E-state index contributed by atoms with van der Waals surface area (Å²) in [7, 11) is 1.91. The molecule has 1 aromatic carbocycles. The molecule has 0 saturated heterocycles. The van der Waals surface area contributed by atoms with Crippen LogP contribution in [-0.4, -0.2) is 18.1 Å². The van der Waals surface area contributed by atoms with Gasteiger partial charge in [-0.3, -0.25) is 4.98 Å². The highest BCUT2D eigenvalue weighted by atomic mass is 79.9. The van der Waals surface area contributed by atoms with Crippen LogP contribution >= 0.6 is 27.5 Å². The van der Waals surface area contributed by atoms with Gasteiger partial charge in [-0.05, 0) is 66.2 Å². The summed E-state index contributed by atoms with van der Waals surface area (Å²) in [5.74, 6) is 0.769. The van der Waals surface area contributed by atoms with E-state index in [-0.39, 0.29) is 12.1 Å². The molecule has 0 aliphatic carbocycles. The molecule has 0 aliphatic heterocycles. The molecule has 0 radical (unpaired) electrons. The average molecular weight is 370 g/mol. The van der Waals surface area contributed by atoms with Crippen molar-refractivity contribution in [2.24, 2.45) is 0 Å². The Hall–Kier alpha value is -1.10. The highest BCUT2D eigenvalue weighted by Gasteiger charge is 2.14. The van der Waals surface area contributed by atoms with Gasteiger partial charge in [0.2, 0.25) is 0 Å². The van der Waals surface area contributed by atoms with Crippen LogP contribution in [0.2, 0.25) is 5.02 Å². The molecule has 2 aromatic rings. The monoisotopic (exact) mass is 368 g/mol. The average Bonchev–Trinajstić information content (AvgIpc) is 2.43. The largest absolute Gasteiger partial charge is 0.489 e. The second kappa shape index (κ2) is 7.25. The maximum atomic E-state index is 6.19. The van der Waals surface area contributed by atoms with Crippen molar-refractivity contribution in [3.63, 3.8) is 0 Å². The Bertz CT molecular complexity index is 619. The van der Waals surface area contributed by atoms with Crippen LogP contribution in [0.5, 0.6) is 5.75 Å². The third-order valence-electron chi connectivity index (χ3n) is 3.01. The first-order valence-corrected chi connectivity index (χ1v) is 7.92. The standard InChI is InChI=1S/C16H18BrClN2O/c1-10(2)21-13-6-12(8-20-9-13)16(19-3)11-4-5-14(17)15(18)7-11/h4-10,16,19H,1-3H3. The van der Waals surface area contributed by atoms with Crippen molar-refractivity contribution < 1.29 is 4.74 Å². The Morgan fingerprint density at radius 3 is 2.57 bits per heavy atom. The lowest BCUT2D eigenvalue weighted by Crippen LogP contribution is -2.18. The van der Waals surface area contributed by atoms with Gasteiger partial charge in [-0.2, -0.15) is 0 Å². The van der Waals surface area contributed by atoms with Crippen molar-refractivity contribution in [3.8, 4) is 5.75 Å². The minimum atomic E-state index is 0.0128. The van der Waals surface area contributed by atoms with E-state index in [4.69, 9.17) is 16.3 Å². The summed E-state index contributed by atoms with van der Waals surface area (Å²) in [5, 5.41) is 3.98. The highest BCUT2D eigenvalue weighted by molar-refractivity contribution is 9.10. The molecule has 0 aliphatic rings. The first kappa shape index (κ1) is 16.3. The lowest BCUT2D eigenvalue weighted by molar-refractivity contribution is 0.241. The summed E-state index contributed by atoms with van der Waals surface area (Å²) in [5.41, 5.74) is 2.11. The second-order valence-corrected chi connectivity index (χ2v) is 6.28. The number of nitrogens with zero attached hydrogens (tertiary/aromatic N) is 1. The van der Waals surface area contributed by atoms with Crippen LogP contribution in [0.15, 0.2) is 41.1 Å². The molecule has 1 aromatic heterocycles. The zero-order chi connectivity index (χ0) is 15.4. The molecular weight excluding hydrogens is 352 g/mol. The number of rotatable bonds is 5. The molecule has 5 heteroatoms. The van der Waals surface area contributed by atoms with Crippen molar-refractivity contribution in [1.82, 2.24) is 10.3 Å². The second-order valence-electron chi connectivity index (χ2n) is 5.02. The summed E-state index contributed by atoms with van der Waals surface area (Å²) < 4.78 is 6.59. The molecule has 0 saturated carbocycles. The molecule has 0 spiro atoms. The Kier molecular flexibility index (Phi) is 5.62. The molecular formula is C16H18BrClN2O. The van der Waals surface area contributed by atoms with E-state index in [0.29, 0.717) is 5.02 Å². The van der Waals surface area contributed by atoms with Gasteiger partial charge in [-0.25, -0.2) is 0 Å².